The standard InChI is InChI=1S/C13H10ClF2N.ClH/c14-13-4-2-10(16)6-12(13)11-3-1-9(15)5-8(11)7-17;/h1-6H,7,17H2;1H. The van der Waals surface area contributed by atoms with Gasteiger partial charge in [-0.3, -0.25) is 0 Å². The molecule has 0 saturated heterocycles. The van der Waals surface area contributed by atoms with Crippen molar-refractivity contribution in [2.75, 3.05) is 0 Å². The summed E-state index contributed by atoms with van der Waals surface area (Å²) in [6, 6.07) is 8.24. The first kappa shape index (κ1) is 14.9. The molecule has 0 aliphatic carbocycles. The zero-order chi connectivity index (χ0) is 12.4. The molecule has 0 aliphatic heterocycles. The van der Waals surface area contributed by atoms with Crippen LogP contribution in [0.1, 0.15) is 5.56 Å². The zero-order valence-electron chi connectivity index (χ0n) is 9.29. The third-order valence-corrected chi connectivity index (χ3v) is 2.84. The highest BCUT2D eigenvalue weighted by Gasteiger charge is 2.10. The molecule has 0 fully saturated rings. The first-order chi connectivity index (χ1) is 8.11. The van der Waals surface area contributed by atoms with E-state index < -0.39 is 5.82 Å². The van der Waals surface area contributed by atoms with Crippen LogP contribution < -0.4 is 5.73 Å². The summed E-state index contributed by atoms with van der Waals surface area (Å²) in [5.41, 5.74) is 7.31. The number of hydrogen-bond donors (Lipinski definition) is 1. The Kier molecular flexibility index (Phi) is 5.08. The van der Waals surface area contributed by atoms with Crippen molar-refractivity contribution >= 4 is 24.0 Å². The van der Waals surface area contributed by atoms with Crippen molar-refractivity contribution in [1.82, 2.24) is 0 Å². The Bertz CT molecular complexity index is 559. The Morgan fingerprint density at radius 2 is 1.56 bits per heavy atom. The van der Waals surface area contributed by atoms with Crippen molar-refractivity contribution in [3.8, 4) is 11.1 Å². The SMILES string of the molecule is Cl.NCc1cc(F)ccc1-c1cc(F)ccc1Cl. The third kappa shape index (κ3) is 2.99. The topological polar surface area (TPSA) is 26.0 Å². The minimum atomic E-state index is -0.392. The minimum Gasteiger partial charge on any atom is -0.326 e. The Labute approximate surface area is 115 Å². The largest absolute Gasteiger partial charge is 0.326 e. The fourth-order valence-electron chi connectivity index (χ4n) is 1.70. The van der Waals surface area contributed by atoms with E-state index in [9.17, 15) is 8.78 Å². The molecule has 0 atom stereocenters. The van der Waals surface area contributed by atoms with Crippen LogP contribution in [0, 0.1) is 11.6 Å². The quantitative estimate of drug-likeness (QED) is 0.882. The lowest BCUT2D eigenvalue weighted by atomic mass is 9.99. The highest BCUT2D eigenvalue weighted by molar-refractivity contribution is 6.33. The number of benzene rings is 2. The molecule has 0 bridgehead atoms. The molecule has 0 radical (unpaired) electrons. The summed E-state index contributed by atoms with van der Waals surface area (Å²) in [6.45, 7) is 0.167. The average molecular weight is 290 g/mol. The van der Waals surface area contributed by atoms with Crippen LogP contribution in [0.5, 0.6) is 0 Å². The van der Waals surface area contributed by atoms with E-state index in [0.29, 0.717) is 21.7 Å². The molecule has 0 unspecified atom stereocenters. The molecule has 1 nitrogen and oxygen atoms in total. The molecule has 0 amide bonds. The van der Waals surface area contributed by atoms with Crippen LogP contribution in [-0.2, 0) is 6.54 Å². The molecule has 0 spiro atoms. The van der Waals surface area contributed by atoms with Gasteiger partial charge in [-0.15, -0.1) is 12.4 Å². The van der Waals surface area contributed by atoms with Gasteiger partial charge >= 0.3 is 0 Å². The van der Waals surface area contributed by atoms with Crippen LogP contribution in [0.15, 0.2) is 36.4 Å². The molecular weight excluding hydrogens is 279 g/mol. The van der Waals surface area contributed by atoms with Gasteiger partial charge in [0.15, 0.2) is 0 Å². The molecule has 0 heterocycles. The van der Waals surface area contributed by atoms with E-state index in [0.717, 1.165) is 0 Å². The van der Waals surface area contributed by atoms with Crippen LogP contribution in [-0.4, -0.2) is 0 Å². The molecule has 2 aromatic carbocycles. The number of halogens is 4. The van der Waals surface area contributed by atoms with Crippen LogP contribution in [0.25, 0.3) is 11.1 Å². The summed E-state index contributed by atoms with van der Waals surface area (Å²) in [5.74, 6) is -0.765. The monoisotopic (exact) mass is 289 g/mol. The van der Waals surface area contributed by atoms with Crippen molar-refractivity contribution in [2.45, 2.75) is 6.54 Å². The Balaban J connectivity index is 0.00000162. The van der Waals surface area contributed by atoms with Gasteiger partial charge in [-0.25, -0.2) is 8.78 Å². The van der Waals surface area contributed by atoms with E-state index in [-0.39, 0.29) is 24.8 Å². The van der Waals surface area contributed by atoms with Crippen LogP contribution in [0.3, 0.4) is 0 Å². The van der Waals surface area contributed by atoms with Gasteiger partial charge in [-0.1, -0.05) is 17.7 Å². The second-order valence-electron chi connectivity index (χ2n) is 3.63. The van der Waals surface area contributed by atoms with Crippen molar-refractivity contribution in [2.24, 2.45) is 5.73 Å². The number of hydrogen-bond acceptors (Lipinski definition) is 1. The van der Waals surface area contributed by atoms with E-state index in [2.05, 4.69) is 0 Å². The number of nitrogens with two attached hydrogens (primary N) is 1. The maximum Gasteiger partial charge on any atom is 0.123 e. The normalized spacial score (nSPS) is 10.0. The molecule has 2 rings (SSSR count). The summed E-state index contributed by atoms with van der Waals surface area (Å²) in [5, 5.41) is 0.410. The first-order valence-corrected chi connectivity index (χ1v) is 5.43. The molecular formula is C13H11Cl2F2N. The molecule has 0 saturated carbocycles. The molecule has 96 valence electrons. The van der Waals surface area contributed by atoms with Crippen molar-refractivity contribution < 1.29 is 8.78 Å². The predicted octanol–water partition coefficient (Wildman–Crippen LogP) is 4.17. The smallest absolute Gasteiger partial charge is 0.123 e. The fourth-order valence-corrected chi connectivity index (χ4v) is 1.92. The second-order valence-corrected chi connectivity index (χ2v) is 4.04. The zero-order valence-corrected chi connectivity index (χ0v) is 10.9. The Morgan fingerprint density at radius 3 is 2.22 bits per heavy atom. The Hall–Kier alpha value is -1.16. The summed E-state index contributed by atoms with van der Waals surface area (Å²) in [6.07, 6.45) is 0. The van der Waals surface area contributed by atoms with Gasteiger partial charge in [0.25, 0.3) is 0 Å². The maximum atomic E-state index is 13.2. The number of rotatable bonds is 2. The summed E-state index contributed by atoms with van der Waals surface area (Å²) >= 11 is 6.00. The highest BCUT2D eigenvalue weighted by Crippen LogP contribution is 2.31. The van der Waals surface area contributed by atoms with Gasteiger partial charge in [-0.2, -0.15) is 0 Å². The summed E-state index contributed by atoms with van der Waals surface area (Å²) in [7, 11) is 0. The molecule has 0 aliphatic rings. The van der Waals surface area contributed by atoms with E-state index in [4.69, 9.17) is 17.3 Å². The lowest BCUT2D eigenvalue weighted by Gasteiger charge is -2.10. The maximum absolute atomic E-state index is 13.2. The van der Waals surface area contributed by atoms with Gasteiger partial charge in [0.1, 0.15) is 11.6 Å². The van der Waals surface area contributed by atoms with Crippen molar-refractivity contribution in [3.05, 3.63) is 58.6 Å². The molecule has 5 heteroatoms. The predicted molar refractivity (Wildman–Crippen MR) is 71.9 cm³/mol. The lowest BCUT2D eigenvalue weighted by Crippen LogP contribution is -2.00. The molecule has 18 heavy (non-hydrogen) atoms. The van der Waals surface area contributed by atoms with Gasteiger partial charge in [0.2, 0.25) is 0 Å². The molecule has 2 aromatic rings. The fraction of sp³-hybridized carbons (Fsp3) is 0.0769. The van der Waals surface area contributed by atoms with Crippen molar-refractivity contribution in [3.63, 3.8) is 0 Å². The minimum absolute atomic E-state index is 0. The van der Waals surface area contributed by atoms with Crippen LogP contribution >= 0.6 is 24.0 Å². The van der Waals surface area contributed by atoms with Gasteiger partial charge in [0, 0.05) is 17.1 Å². The first-order valence-electron chi connectivity index (χ1n) is 5.05. The highest BCUT2D eigenvalue weighted by atomic mass is 35.5. The van der Waals surface area contributed by atoms with Gasteiger partial charge in [0.05, 0.1) is 0 Å². The van der Waals surface area contributed by atoms with Crippen LogP contribution in [0.4, 0.5) is 8.78 Å². The van der Waals surface area contributed by atoms with Gasteiger partial charge in [-0.05, 0) is 41.5 Å². The van der Waals surface area contributed by atoms with E-state index in [1.165, 1.54) is 30.3 Å². The summed E-state index contributed by atoms with van der Waals surface area (Å²) < 4.78 is 26.3. The van der Waals surface area contributed by atoms with E-state index >= 15 is 0 Å². The van der Waals surface area contributed by atoms with Gasteiger partial charge < -0.3 is 5.73 Å². The lowest BCUT2D eigenvalue weighted by molar-refractivity contribution is 0.625. The molecule has 0 aromatic heterocycles. The summed E-state index contributed by atoms with van der Waals surface area (Å²) in [4.78, 5) is 0. The van der Waals surface area contributed by atoms with E-state index in [1.54, 1.807) is 6.07 Å². The molecule has 2 N–H and O–H groups in total. The Morgan fingerprint density at radius 1 is 0.944 bits per heavy atom. The third-order valence-electron chi connectivity index (χ3n) is 2.51. The second kappa shape index (κ2) is 6.14. The van der Waals surface area contributed by atoms with Crippen molar-refractivity contribution in [1.29, 1.82) is 0 Å². The van der Waals surface area contributed by atoms with E-state index in [1.807, 2.05) is 0 Å². The van der Waals surface area contributed by atoms with Crippen LogP contribution in [0.2, 0.25) is 5.02 Å². The average Bonchev–Trinajstić information content (AvgIpc) is 2.32.